The number of rotatable bonds is 5. The van der Waals surface area contributed by atoms with E-state index in [-0.39, 0.29) is 36.9 Å². The van der Waals surface area contributed by atoms with Crippen LogP contribution in [0.25, 0.3) is 0 Å². The van der Waals surface area contributed by atoms with E-state index in [1.165, 1.54) is 0 Å². The molecule has 192 valence electrons. The van der Waals surface area contributed by atoms with E-state index in [2.05, 4.69) is 10.1 Å². The fourth-order valence-corrected chi connectivity index (χ4v) is 5.25. The molecule has 0 radical (unpaired) electrons. The first-order chi connectivity index (χ1) is 17.7. The second-order valence-corrected chi connectivity index (χ2v) is 10.4. The monoisotopic (exact) mass is 550 g/mol. The molecule has 3 aromatic rings. The van der Waals surface area contributed by atoms with Crippen molar-refractivity contribution < 1.29 is 21.8 Å². The molecular formula is C25H21ClF4N5OS+. The molecule has 6 nitrogen and oxygen atoms in total. The van der Waals surface area contributed by atoms with Gasteiger partial charge >= 0.3 is 0 Å². The third-order valence-electron chi connectivity index (χ3n) is 6.47. The van der Waals surface area contributed by atoms with Crippen LogP contribution < -0.4 is 4.90 Å². The highest BCUT2D eigenvalue weighted by atomic mass is 35.5. The van der Waals surface area contributed by atoms with Gasteiger partial charge in [-0.1, -0.05) is 29.3 Å². The minimum atomic E-state index is -0.851. The van der Waals surface area contributed by atoms with Crippen molar-refractivity contribution in [2.45, 2.75) is 30.2 Å². The van der Waals surface area contributed by atoms with Gasteiger partial charge in [-0.15, -0.1) is 0 Å². The van der Waals surface area contributed by atoms with Crippen molar-refractivity contribution in [2.75, 3.05) is 24.5 Å². The molecule has 1 aliphatic carbocycles. The molecule has 37 heavy (non-hydrogen) atoms. The smallest absolute Gasteiger partial charge is 0.292 e. The van der Waals surface area contributed by atoms with Crippen molar-refractivity contribution in [3.05, 3.63) is 93.0 Å². The lowest BCUT2D eigenvalue weighted by atomic mass is 10.1. The van der Waals surface area contributed by atoms with Gasteiger partial charge < -0.3 is 9.80 Å². The van der Waals surface area contributed by atoms with Crippen LogP contribution in [0.2, 0.25) is 5.02 Å². The number of hydrogen-bond acceptors (Lipinski definition) is 4. The number of halogens is 5. The predicted octanol–water partition coefficient (Wildman–Crippen LogP) is 6.10. The lowest BCUT2D eigenvalue weighted by molar-refractivity contribution is -0.376. The molecule has 0 unspecified atom stereocenters. The number of hydrazone groups is 1. The Bertz CT molecular complexity index is 1400. The molecule has 0 bridgehead atoms. The van der Waals surface area contributed by atoms with E-state index < -0.39 is 33.8 Å². The second kappa shape index (κ2) is 9.94. The third-order valence-corrected chi connectivity index (χ3v) is 7.56. The van der Waals surface area contributed by atoms with Crippen LogP contribution in [0.3, 0.4) is 0 Å². The molecule has 0 N–H and O–H groups in total. The Morgan fingerprint density at radius 3 is 2.43 bits per heavy atom. The predicted molar refractivity (Wildman–Crippen MR) is 134 cm³/mol. The highest BCUT2D eigenvalue weighted by molar-refractivity contribution is 7.93. The highest BCUT2D eigenvalue weighted by Crippen LogP contribution is 2.46. The normalized spacial score (nSPS) is 16.9. The van der Waals surface area contributed by atoms with Crippen LogP contribution in [0.15, 0.2) is 58.7 Å². The minimum absolute atomic E-state index is 0.00107. The third kappa shape index (κ3) is 5.15. The Balaban J connectivity index is 1.51. The summed E-state index contributed by atoms with van der Waals surface area (Å²) in [4.78, 5) is 20.8. The summed E-state index contributed by atoms with van der Waals surface area (Å²) in [5.41, 5.74) is 0.0508. The second-order valence-electron chi connectivity index (χ2n) is 9.04. The van der Waals surface area contributed by atoms with Crippen LogP contribution in [0.5, 0.6) is 0 Å². The molecule has 2 aromatic carbocycles. The number of piperazine rings is 1. The van der Waals surface area contributed by atoms with Gasteiger partial charge in [0.2, 0.25) is 10.1 Å². The number of amidine groups is 1. The van der Waals surface area contributed by atoms with Crippen molar-refractivity contribution in [3.8, 4) is 0 Å². The molecule has 1 saturated heterocycles. The highest BCUT2D eigenvalue weighted by Gasteiger charge is 2.54. The first-order valence-electron chi connectivity index (χ1n) is 11.4. The quantitative estimate of drug-likeness (QED) is 0.0730. The van der Waals surface area contributed by atoms with Gasteiger partial charge in [0.25, 0.3) is 11.9 Å². The number of benzene rings is 2. The molecule has 0 atom stereocenters. The Hall–Kier alpha value is -3.18. The summed E-state index contributed by atoms with van der Waals surface area (Å²) in [5, 5.41) is 3.66. The van der Waals surface area contributed by atoms with Gasteiger partial charge in [-0.25, -0.2) is 22.5 Å². The van der Waals surface area contributed by atoms with E-state index in [1.54, 1.807) is 21.9 Å². The number of nitrogens with zero attached hydrogens (tertiary/aromatic N) is 5. The first kappa shape index (κ1) is 25.5. The maximum Gasteiger partial charge on any atom is 0.292 e. The molecule has 12 heteroatoms. The van der Waals surface area contributed by atoms with E-state index >= 15 is 4.39 Å². The van der Waals surface area contributed by atoms with E-state index in [9.17, 15) is 18.1 Å². The van der Waals surface area contributed by atoms with Gasteiger partial charge in [0, 0.05) is 25.7 Å². The van der Waals surface area contributed by atoms with Crippen molar-refractivity contribution in [2.24, 2.45) is 5.10 Å². The molecule has 1 aromatic heterocycles. The lowest BCUT2D eigenvalue weighted by Crippen LogP contribution is -2.58. The number of anilines is 1. The average molecular weight is 551 g/mol. The molecule has 1 saturated carbocycles. The number of hydrogen-bond donors (Lipinski definition) is 0. The summed E-state index contributed by atoms with van der Waals surface area (Å²) in [7, 11) is 0. The fourth-order valence-electron chi connectivity index (χ4n) is 4.46. The summed E-state index contributed by atoms with van der Waals surface area (Å²) in [6.07, 6.45) is 2.20. The van der Waals surface area contributed by atoms with Gasteiger partial charge in [-0.3, -0.25) is 0 Å². The molecule has 2 heterocycles. The van der Waals surface area contributed by atoms with Crippen LogP contribution in [0, 0.1) is 35.1 Å². The van der Waals surface area contributed by atoms with Crippen LogP contribution in [-0.2, 0) is 0 Å². The zero-order valence-corrected chi connectivity index (χ0v) is 21.2. The summed E-state index contributed by atoms with van der Waals surface area (Å²) >= 11 is 6.97. The molecule has 5 rings (SSSR count). The van der Waals surface area contributed by atoms with Crippen molar-refractivity contribution in [1.82, 2.24) is 9.88 Å². The number of pyridine rings is 1. The molecule has 1 spiro atoms. The van der Waals surface area contributed by atoms with Gasteiger partial charge in [-0.2, -0.15) is 0 Å². The molecule has 2 fully saturated rings. The molecule has 2 aliphatic rings. The summed E-state index contributed by atoms with van der Waals surface area (Å²) in [6, 6.07) is 9.78. The molecule has 1 aliphatic heterocycles. The SMILES string of the molecule is Cc1ccc(S[N+](=O)/N=C(/c2c(F)ccc(F)c2Cl)N2CCN(c3ncc(F)cc3F)CC23CC3)cc1. The summed E-state index contributed by atoms with van der Waals surface area (Å²) < 4.78 is 57.6. The largest absolute Gasteiger partial charge is 0.350 e. The van der Waals surface area contributed by atoms with E-state index in [0.29, 0.717) is 22.0 Å². The molecule has 0 amide bonds. The van der Waals surface area contributed by atoms with Crippen LogP contribution >= 0.6 is 23.5 Å². The average Bonchev–Trinajstić information content (AvgIpc) is 3.62. The van der Waals surface area contributed by atoms with E-state index in [0.717, 1.165) is 41.9 Å². The number of aromatic nitrogens is 1. The Morgan fingerprint density at radius 2 is 1.76 bits per heavy atom. The maximum absolute atomic E-state index is 15.1. The summed E-state index contributed by atoms with van der Waals surface area (Å²) in [5.74, 6) is -3.37. The standard InChI is InChI=1S/C25H21ClF4N5OS/c1-15-2-4-17(5-3-15)37-35(36)32-24(21-18(28)6-7-19(29)22(21)26)34-11-10-33(14-25(34)8-9-25)23-20(30)12-16(27)13-31-23/h2-7,12-13H,8-11,14H2,1H3/q+1/b32-24-. The Morgan fingerprint density at radius 1 is 1.05 bits per heavy atom. The van der Waals surface area contributed by atoms with Crippen LogP contribution in [-0.4, -0.2) is 45.2 Å². The Kier molecular flexibility index (Phi) is 6.84. The first-order valence-corrected chi connectivity index (χ1v) is 12.6. The zero-order chi connectivity index (χ0) is 26.3. The lowest BCUT2D eigenvalue weighted by Gasteiger charge is -2.43. The fraction of sp³-hybridized carbons (Fsp3) is 0.280. The van der Waals surface area contributed by atoms with Gasteiger partial charge in [0.05, 0.1) is 37.2 Å². The van der Waals surface area contributed by atoms with Gasteiger partial charge in [-0.05, 0) is 44.0 Å². The number of aryl methyl sites for hydroxylation is 1. The van der Waals surface area contributed by atoms with Gasteiger partial charge in [0.15, 0.2) is 11.6 Å². The maximum atomic E-state index is 15.1. The molecular weight excluding hydrogens is 530 g/mol. The van der Waals surface area contributed by atoms with E-state index in [4.69, 9.17) is 11.6 Å². The number of nitroso groups, excluding NO2 is 1. The minimum Gasteiger partial charge on any atom is -0.350 e. The van der Waals surface area contributed by atoms with Crippen LogP contribution in [0.1, 0.15) is 24.0 Å². The van der Waals surface area contributed by atoms with Gasteiger partial charge in [0.1, 0.15) is 17.5 Å². The van der Waals surface area contributed by atoms with Crippen LogP contribution in [0.4, 0.5) is 23.4 Å². The van der Waals surface area contributed by atoms with Crippen molar-refractivity contribution >= 4 is 35.2 Å². The van der Waals surface area contributed by atoms with Crippen molar-refractivity contribution in [3.63, 3.8) is 0 Å². The zero-order valence-electron chi connectivity index (χ0n) is 19.6. The Labute approximate surface area is 219 Å². The topological polar surface area (TPSA) is 51.8 Å². The summed E-state index contributed by atoms with van der Waals surface area (Å²) in [6.45, 7) is 2.58. The van der Waals surface area contributed by atoms with Crippen molar-refractivity contribution in [1.29, 1.82) is 0 Å². The van der Waals surface area contributed by atoms with E-state index in [1.807, 2.05) is 19.1 Å².